The van der Waals surface area contributed by atoms with Gasteiger partial charge in [0.15, 0.2) is 16.6 Å². The van der Waals surface area contributed by atoms with E-state index in [2.05, 4.69) is 10.6 Å². The van der Waals surface area contributed by atoms with Crippen LogP contribution >= 0.6 is 12.2 Å². The molecule has 0 bridgehead atoms. The van der Waals surface area contributed by atoms with E-state index in [4.69, 9.17) is 26.1 Å². The third kappa shape index (κ3) is 3.58. The van der Waals surface area contributed by atoms with E-state index in [9.17, 15) is 18.0 Å². The molecule has 0 spiro atoms. The van der Waals surface area contributed by atoms with E-state index < -0.39 is 17.4 Å². The monoisotopic (exact) mass is 408 g/mol. The van der Waals surface area contributed by atoms with E-state index in [-0.39, 0.29) is 22.9 Å². The van der Waals surface area contributed by atoms with Crippen molar-refractivity contribution in [2.75, 3.05) is 17.4 Å². The Morgan fingerprint density at radius 3 is 2.39 bits per heavy atom. The zero-order chi connectivity index (χ0) is 19.9. The summed E-state index contributed by atoms with van der Waals surface area (Å²) in [5.74, 6) is 1.19. The Hall–Kier alpha value is -3.27. The summed E-state index contributed by atoms with van der Waals surface area (Å²) < 4.78 is 54.7. The normalized spacial score (nSPS) is 12.8. The molecule has 0 atom stereocenters. The van der Waals surface area contributed by atoms with Crippen LogP contribution in [0.2, 0.25) is 0 Å². The number of hydrogen-bond donors (Lipinski definition) is 2. The number of fused-ring (bicyclic) bond motifs is 2. The van der Waals surface area contributed by atoms with E-state index in [1.165, 1.54) is 18.2 Å². The second-order valence-corrected chi connectivity index (χ2v) is 6.24. The van der Waals surface area contributed by atoms with Gasteiger partial charge in [-0.15, -0.1) is 0 Å². The van der Waals surface area contributed by atoms with E-state index in [0.29, 0.717) is 28.9 Å². The molecule has 0 amide bonds. The summed E-state index contributed by atoms with van der Waals surface area (Å²) in [6, 6.07) is 9.48. The molecule has 10 heteroatoms. The fourth-order valence-electron chi connectivity index (χ4n) is 2.74. The number of ether oxygens (including phenoxy) is 2. The first kappa shape index (κ1) is 18.1. The SMILES string of the molecule is O=c1cc(C(F)(F)F)c2ccc(NC(=S)Nc3ccc4c(c3)OCO4)cc2o1. The number of benzene rings is 2. The van der Waals surface area contributed by atoms with Crippen LogP contribution in [0, 0.1) is 0 Å². The molecule has 3 aromatic rings. The summed E-state index contributed by atoms with van der Waals surface area (Å²) in [5, 5.41) is 5.73. The smallest absolute Gasteiger partial charge is 0.417 e. The highest BCUT2D eigenvalue weighted by Gasteiger charge is 2.33. The highest BCUT2D eigenvalue weighted by molar-refractivity contribution is 7.80. The summed E-state index contributed by atoms with van der Waals surface area (Å²) in [6.07, 6.45) is -4.67. The minimum absolute atomic E-state index is 0.143. The molecule has 28 heavy (non-hydrogen) atoms. The zero-order valence-electron chi connectivity index (χ0n) is 13.9. The quantitative estimate of drug-likeness (QED) is 0.483. The van der Waals surface area contributed by atoms with Crippen LogP contribution in [0.25, 0.3) is 11.0 Å². The second-order valence-electron chi connectivity index (χ2n) is 5.83. The summed E-state index contributed by atoms with van der Waals surface area (Å²) in [5.41, 5.74) is -1.35. The number of rotatable bonds is 2. The third-order valence-electron chi connectivity index (χ3n) is 3.94. The first-order chi connectivity index (χ1) is 13.3. The van der Waals surface area contributed by atoms with Crippen LogP contribution < -0.4 is 25.7 Å². The number of thiocarbonyl (C=S) groups is 1. The highest BCUT2D eigenvalue weighted by Crippen LogP contribution is 2.35. The van der Waals surface area contributed by atoms with Gasteiger partial charge in [-0.05, 0) is 36.5 Å². The molecule has 0 fully saturated rings. The van der Waals surface area contributed by atoms with E-state index >= 15 is 0 Å². The van der Waals surface area contributed by atoms with Crippen LogP contribution in [0.3, 0.4) is 0 Å². The predicted molar refractivity (Wildman–Crippen MR) is 99.9 cm³/mol. The molecule has 2 N–H and O–H groups in total. The van der Waals surface area contributed by atoms with Gasteiger partial charge >= 0.3 is 11.8 Å². The van der Waals surface area contributed by atoms with Crippen molar-refractivity contribution in [1.82, 2.24) is 0 Å². The van der Waals surface area contributed by atoms with E-state index in [0.717, 1.165) is 0 Å². The molecule has 0 radical (unpaired) electrons. The maximum absolute atomic E-state index is 13.1. The van der Waals surface area contributed by atoms with E-state index in [1.54, 1.807) is 18.2 Å². The van der Waals surface area contributed by atoms with Crippen LogP contribution in [0.1, 0.15) is 5.56 Å². The van der Waals surface area contributed by atoms with Crippen molar-refractivity contribution < 1.29 is 27.1 Å². The van der Waals surface area contributed by atoms with Crippen LogP contribution in [0.5, 0.6) is 11.5 Å². The number of alkyl halides is 3. The molecule has 2 heterocycles. The molecule has 1 aromatic heterocycles. The summed E-state index contributed by atoms with van der Waals surface area (Å²) >= 11 is 5.21. The Labute approximate surface area is 160 Å². The average molecular weight is 408 g/mol. The van der Waals surface area contributed by atoms with Gasteiger partial charge in [-0.25, -0.2) is 4.79 Å². The number of nitrogens with one attached hydrogen (secondary N) is 2. The predicted octanol–water partition coefficient (Wildman–Crippen LogP) is 4.35. The lowest BCUT2D eigenvalue weighted by molar-refractivity contribution is -0.136. The van der Waals surface area contributed by atoms with Crippen LogP contribution in [0.15, 0.2) is 51.7 Å². The zero-order valence-corrected chi connectivity index (χ0v) is 14.7. The van der Waals surface area contributed by atoms with Crippen molar-refractivity contribution in [3.8, 4) is 11.5 Å². The minimum atomic E-state index is -4.67. The largest absolute Gasteiger partial charge is 0.454 e. The van der Waals surface area contributed by atoms with Gasteiger partial charge in [0, 0.05) is 35.0 Å². The fourth-order valence-corrected chi connectivity index (χ4v) is 2.98. The number of halogens is 3. The average Bonchev–Trinajstić information content (AvgIpc) is 3.07. The van der Waals surface area contributed by atoms with Gasteiger partial charge in [0.1, 0.15) is 5.58 Å². The lowest BCUT2D eigenvalue weighted by Crippen LogP contribution is -2.19. The Morgan fingerprint density at radius 1 is 0.964 bits per heavy atom. The van der Waals surface area contributed by atoms with E-state index in [1.807, 2.05) is 0 Å². The highest BCUT2D eigenvalue weighted by atomic mass is 32.1. The van der Waals surface area contributed by atoms with Crippen LogP contribution in [-0.2, 0) is 6.18 Å². The Balaban J connectivity index is 1.56. The molecule has 144 valence electrons. The van der Waals surface area contributed by atoms with Crippen molar-refractivity contribution in [3.05, 3.63) is 58.4 Å². The van der Waals surface area contributed by atoms with Gasteiger partial charge in [0.05, 0.1) is 5.56 Å². The van der Waals surface area contributed by atoms with Gasteiger partial charge in [-0.2, -0.15) is 13.2 Å². The molecule has 1 aliphatic rings. The fraction of sp³-hybridized carbons (Fsp3) is 0.111. The van der Waals surface area contributed by atoms with Gasteiger partial charge in [0.2, 0.25) is 6.79 Å². The molecule has 6 nitrogen and oxygen atoms in total. The first-order valence-electron chi connectivity index (χ1n) is 7.92. The summed E-state index contributed by atoms with van der Waals surface area (Å²) in [6.45, 7) is 0.143. The van der Waals surface area contributed by atoms with Crippen molar-refractivity contribution in [3.63, 3.8) is 0 Å². The lowest BCUT2D eigenvalue weighted by atomic mass is 10.1. The maximum Gasteiger partial charge on any atom is 0.417 e. The molecular weight excluding hydrogens is 397 g/mol. The van der Waals surface area contributed by atoms with Crippen LogP contribution in [-0.4, -0.2) is 11.9 Å². The molecular formula is C18H11F3N2O4S. The first-order valence-corrected chi connectivity index (χ1v) is 8.33. The third-order valence-corrected chi connectivity index (χ3v) is 4.14. The van der Waals surface area contributed by atoms with Gasteiger partial charge < -0.3 is 24.5 Å². The molecule has 4 rings (SSSR count). The maximum atomic E-state index is 13.1. The molecule has 0 aliphatic carbocycles. The molecule has 1 aliphatic heterocycles. The van der Waals surface area contributed by atoms with Crippen molar-refractivity contribution in [1.29, 1.82) is 0 Å². The van der Waals surface area contributed by atoms with Gasteiger partial charge in [0.25, 0.3) is 0 Å². The van der Waals surface area contributed by atoms with Gasteiger partial charge in [-0.3, -0.25) is 0 Å². The summed E-state index contributed by atoms with van der Waals surface area (Å²) in [4.78, 5) is 11.5. The topological polar surface area (TPSA) is 72.7 Å². The standard InChI is InChI=1S/C18H11F3N2O4S/c19-18(20,21)12-7-16(24)27-14-5-9(1-3-11(12)14)22-17(28)23-10-2-4-13-15(6-10)26-8-25-13/h1-7H,8H2,(H2,22,23,28). The van der Waals surface area contributed by atoms with Crippen LogP contribution in [0.4, 0.5) is 24.5 Å². The molecule has 0 unspecified atom stereocenters. The molecule has 0 saturated heterocycles. The van der Waals surface area contributed by atoms with Crippen molar-refractivity contribution in [2.24, 2.45) is 0 Å². The minimum Gasteiger partial charge on any atom is -0.454 e. The number of hydrogen-bond acceptors (Lipinski definition) is 5. The second kappa shape index (κ2) is 6.71. The molecule has 0 saturated carbocycles. The lowest BCUT2D eigenvalue weighted by Gasteiger charge is -2.13. The van der Waals surface area contributed by atoms with Gasteiger partial charge in [-0.1, -0.05) is 0 Å². The molecule has 2 aromatic carbocycles. The Kier molecular flexibility index (Phi) is 4.34. The Bertz CT molecular complexity index is 1140. The Morgan fingerprint density at radius 2 is 1.64 bits per heavy atom. The van der Waals surface area contributed by atoms with Crippen molar-refractivity contribution in [2.45, 2.75) is 6.18 Å². The van der Waals surface area contributed by atoms with Crippen molar-refractivity contribution >= 4 is 39.7 Å². The summed E-state index contributed by atoms with van der Waals surface area (Å²) in [7, 11) is 0. The number of anilines is 2.